The van der Waals surface area contributed by atoms with Crippen molar-refractivity contribution in [2.24, 2.45) is 0 Å². The summed E-state index contributed by atoms with van der Waals surface area (Å²) in [7, 11) is 0. The number of ether oxygens (including phenoxy) is 1. The summed E-state index contributed by atoms with van der Waals surface area (Å²) in [6.07, 6.45) is 1.69. The topological polar surface area (TPSA) is 63.4 Å². The molecule has 5 heteroatoms. The largest absolute Gasteiger partial charge is 0.384 e. The number of pyridine rings is 1. The van der Waals surface area contributed by atoms with Gasteiger partial charge in [-0.05, 0) is 30.3 Å². The summed E-state index contributed by atoms with van der Waals surface area (Å²) in [5.41, 5.74) is 8.87. The Balaban J connectivity index is 1.69. The van der Waals surface area contributed by atoms with Gasteiger partial charge in [0.25, 0.3) is 0 Å². The second kappa shape index (κ2) is 5.79. The molecule has 104 valence electrons. The van der Waals surface area contributed by atoms with Crippen molar-refractivity contribution in [2.45, 2.75) is 0 Å². The lowest BCUT2D eigenvalue weighted by Crippen LogP contribution is -2.36. The number of nitrogens with one attached hydrogen (secondary N) is 1. The Morgan fingerprint density at radius 3 is 2.50 bits per heavy atom. The number of hydrogen-bond acceptors (Lipinski definition) is 5. The van der Waals surface area contributed by atoms with Crippen molar-refractivity contribution in [3.05, 3.63) is 42.6 Å². The minimum Gasteiger partial charge on any atom is -0.384 e. The number of aromatic nitrogens is 1. The molecule has 1 aromatic heterocycles. The van der Waals surface area contributed by atoms with Crippen LogP contribution in [0.4, 0.5) is 22.9 Å². The number of nitrogen functional groups attached to an aromatic ring is 1. The third-order valence-electron chi connectivity index (χ3n) is 3.31. The summed E-state index contributed by atoms with van der Waals surface area (Å²) < 4.78 is 5.36. The third kappa shape index (κ3) is 3.00. The molecule has 3 rings (SSSR count). The summed E-state index contributed by atoms with van der Waals surface area (Å²) >= 11 is 0. The third-order valence-corrected chi connectivity index (χ3v) is 3.31. The maximum atomic E-state index is 5.66. The van der Waals surface area contributed by atoms with Gasteiger partial charge in [-0.15, -0.1) is 0 Å². The molecule has 0 atom stereocenters. The van der Waals surface area contributed by atoms with Crippen LogP contribution in [0.5, 0.6) is 0 Å². The average Bonchev–Trinajstić information content (AvgIpc) is 2.49. The summed E-state index contributed by atoms with van der Waals surface area (Å²) in [5, 5.41) is 3.31. The minimum absolute atomic E-state index is 0.514. The van der Waals surface area contributed by atoms with Crippen LogP contribution in [0.2, 0.25) is 0 Å². The van der Waals surface area contributed by atoms with Crippen LogP contribution in [0.15, 0.2) is 42.6 Å². The standard InChI is InChI=1S/C15H18N4O/c16-15-11-13(5-6-17-15)18-12-1-3-14(4-2-12)19-7-9-20-10-8-19/h1-6,11H,7-10H2,(H3,16,17,18). The highest BCUT2D eigenvalue weighted by molar-refractivity contribution is 5.64. The molecule has 0 amide bonds. The van der Waals surface area contributed by atoms with E-state index in [1.807, 2.05) is 12.1 Å². The predicted octanol–water partition coefficient (Wildman–Crippen LogP) is 2.24. The molecule has 0 bridgehead atoms. The molecule has 0 radical (unpaired) electrons. The van der Waals surface area contributed by atoms with Crippen molar-refractivity contribution < 1.29 is 4.74 Å². The second-order valence-corrected chi connectivity index (χ2v) is 4.74. The van der Waals surface area contributed by atoms with E-state index in [0.717, 1.165) is 37.7 Å². The molecule has 1 aliphatic heterocycles. The minimum atomic E-state index is 0.514. The molecule has 0 unspecified atom stereocenters. The highest BCUT2D eigenvalue weighted by Gasteiger charge is 2.10. The fourth-order valence-electron chi connectivity index (χ4n) is 2.27. The Morgan fingerprint density at radius 2 is 1.80 bits per heavy atom. The molecule has 20 heavy (non-hydrogen) atoms. The molecule has 1 aromatic carbocycles. The molecular formula is C15H18N4O. The number of hydrogen-bond donors (Lipinski definition) is 2. The molecule has 1 aliphatic rings. The predicted molar refractivity (Wildman–Crippen MR) is 81.4 cm³/mol. The first kappa shape index (κ1) is 12.7. The maximum Gasteiger partial charge on any atom is 0.125 e. The van der Waals surface area contributed by atoms with Crippen LogP contribution in [-0.4, -0.2) is 31.3 Å². The van der Waals surface area contributed by atoms with Crippen LogP contribution < -0.4 is 16.0 Å². The highest BCUT2D eigenvalue weighted by atomic mass is 16.5. The molecule has 0 aliphatic carbocycles. The molecule has 0 spiro atoms. The number of anilines is 4. The first-order valence-corrected chi connectivity index (χ1v) is 6.72. The molecule has 5 nitrogen and oxygen atoms in total. The average molecular weight is 270 g/mol. The van der Waals surface area contributed by atoms with Gasteiger partial charge in [0, 0.05) is 42.4 Å². The van der Waals surface area contributed by atoms with Crippen LogP contribution in [0.1, 0.15) is 0 Å². The van der Waals surface area contributed by atoms with Gasteiger partial charge in [0.15, 0.2) is 0 Å². The van der Waals surface area contributed by atoms with E-state index in [2.05, 4.69) is 39.5 Å². The zero-order valence-corrected chi connectivity index (χ0v) is 11.2. The van der Waals surface area contributed by atoms with Gasteiger partial charge in [0.2, 0.25) is 0 Å². The van der Waals surface area contributed by atoms with Gasteiger partial charge in [-0.25, -0.2) is 4.98 Å². The van der Waals surface area contributed by atoms with E-state index < -0.39 is 0 Å². The highest BCUT2D eigenvalue weighted by Crippen LogP contribution is 2.22. The van der Waals surface area contributed by atoms with Crippen molar-refractivity contribution in [3.63, 3.8) is 0 Å². The van der Waals surface area contributed by atoms with E-state index in [-0.39, 0.29) is 0 Å². The molecule has 2 aromatic rings. The summed E-state index contributed by atoms with van der Waals surface area (Å²) in [5.74, 6) is 0.514. The van der Waals surface area contributed by atoms with Gasteiger partial charge in [0.05, 0.1) is 13.2 Å². The van der Waals surface area contributed by atoms with Gasteiger partial charge in [-0.2, -0.15) is 0 Å². The fraction of sp³-hybridized carbons (Fsp3) is 0.267. The quantitative estimate of drug-likeness (QED) is 0.895. The molecular weight excluding hydrogens is 252 g/mol. The van der Waals surface area contributed by atoms with Gasteiger partial charge < -0.3 is 20.7 Å². The summed E-state index contributed by atoms with van der Waals surface area (Å²) in [4.78, 5) is 6.31. The lowest BCUT2D eigenvalue weighted by Gasteiger charge is -2.28. The van der Waals surface area contributed by atoms with E-state index in [1.54, 1.807) is 6.20 Å². The first-order valence-electron chi connectivity index (χ1n) is 6.72. The van der Waals surface area contributed by atoms with Crippen LogP contribution >= 0.6 is 0 Å². The number of nitrogens with two attached hydrogens (primary N) is 1. The Kier molecular flexibility index (Phi) is 3.69. The Labute approximate surface area is 118 Å². The lowest BCUT2D eigenvalue weighted by atomic mass is 10.2. The fourth-order valence-corrected chi connectivity index (χ4v) is 2.27. The monoisotopic (exact) mass is 270 g/mol. The van der Waals surface area contributed by atoms with Gasteiger partial charge >= 0.3 is 0 Å². The summed E-state index contributed by atoms with van der Waals surface area (Å²) in [6, 6.07) is 12.1. The smallest absolute Gasteiger partial charge is 0.125 e. The van der Waals surface area contributed by atoms with E-state index in [0.29, 0.717) is 5.82 Å². The Bertz CT molecular complexity index is 564. The van der Waals surface area contributed by atoms with E-state index in [9.17, 15) is 0 Å². The van der Waals surface area contributed by atoms with E-state index in [1.165, 1.54) is 5.69 Å². The van der Waals surface area contributed by atoms with Crippen molar-refractivity contribution >= 4 is 22.9 Å². The van der Waals surface area contributed by atoms with Gasteiger partial charge in [0.1, 0.15) is 5.82 Å². The van der Waals surface area contributed by atoms with Gasteiger partial charge in [-0.3, -0.25) is 0 Å². The first-order chi connectivity index (χ1) is 9.81. The summed E-state index contributed by atoms with van der Waals surface area (Å²) in [6.45, 7) is 3.51. The number of benzene rings is 1. The van der Waals surface area contributed by atoms with Gasteiger partial charge in [-0.1, -0.05) is 0 Å². The SMILES string of the molecule is Nc1cc(Nc2ccc(N3CCOCC3)cc2)ccn1. The second-order valence-electron chi connectivity index (χ2n) is 4.74. The normalized spacial score (nSPS) is 15.1. The van der Waals surface area contributed by atoms with E-state index >= 15 is 0 Å². The molecule has 0 saturated carbocycles. The van der Waals surface area contributed by atoms with Crippen LogP contribution in [0.3, 0.4) is 0 Å². The van der Waals surface area contributed by atoms with Crippen molar-refractivity contribution in [1.29, 1.82) is 0 Å². The van der Waals surface area contributed by atoms with Crippen molar-refractivity contribution in [3.8, 4) is 0 Å². The Hall–Kier alpha value is -2.27. The lowest BCUT2D eigenvalue weighted by molar-refractivity contribution is 0.122. The number of morpholine rings is 1. The maximum absolute atomic E-state index is 5.66. The zero-order chi connectivity index (χ0) is 13.8. The van der Waals surface area contributed by atoms with E-state index in [4.69, 9.17) is 10.5 Å². The van der Waals surface area contributed by atoms with Crippen LogP contribution in [0, 0.1) is 0 Å². The number of rotatable bonds is 3. The molecule has 2 heterocycles. The number of nitrogens with zero attached hydrogens (tertiary/aromatic N) is 2. The zero-order valence-electron chi connectivity index (χ0n) is 11.2. The van der Waals surface area contributed by atoms with Crippen LogP contribution in [0.25, 0.3) is 0 Å². The van der Waals surface area contributed by atoms with Crippen molar-refractivity contribution in [2.75, 3.05) is 42.3 Å². The molecule has 1 saturated heterocycles. The van der Waals surface area contributed by atoms with Crippen molar-refractivity contribution in [1.82, 2.24) is 4.98 Å². The molecule has 3 N–H and O–H groups in total. The van der Waals surface area contributed by atoms with Crippen LogP contribution in [-0.2, 0) is 4.74 Å². The molecule has 1 fully saturated rings. The Morgan fingerprint density at radius 1 is 1.05 bits per heavy atom.